The van der Waals surface area contributed by atoms with E-state index in [-0.39, 0.29) is 41.3 Å². The van der Waals surface area contributed by atoms with Gasteiger partial charge in [-0.25, -0.2) is 4.39 Å². The Kier molecular flexibility index (Phi) is 5.77. The molecule has 1 aromatic carbocycles. The number of rotatable bonds is 5. The fourth-order valence-electron chi connectivity index (χ4n) is 4.67. The highest BCUT2D eigenvalue weighted by Gasteiger charge is 2.45. The Hall–Kier alpha value is -3.19. The van der Waals surface area contributed by atoms with E-state index in [0.29, 0.717) is 30.6 Å². The van der Waals surface area contributed by atoms with E-state index < -0.39 is 26.0 Å². The molecule has 10 heteroatoms. The highest BCUT2D eigenvalue weighted by atomic mass is 28.3. The minimum Gasteiger partial charge on any atom is -0.356 e. The van der Waals surface area contributed by atoms with Crippen molar-refractivity contribution in [2.45, 2.75) is 44.1 Å². The molecule has 4 rings (SSSR count). The van der Waals surface area contributed by atoms with Gasteiger partial charge in [0.15, 0.2) is 0 Å². The molecule has 0 radical (unpaired) electrons. The zero-order valence-corrected chi connectivity index (χ0v) is 19.1. The van der Waals surface area contributed by atoms with E-state index in [1.165, 1.54) is 6.07 Å². The number of nitriles is 1. The molecule has 2 aromatic rings. The second-order valence-corrected chi connectivity index (χ2v) is 14.5. The summed E-state index contributed by atoms with van der Waals surface area (Å²) in [6, 6.07) is 7.35. The summed E-state index contributed by atoms with van der Waals surface area (Å²) in [7, 11) is -1.87. The lowest BCUT2D eigenvalue weighted by Crippen LogP contribution is -2.49. The van der Waals surface area contributed by atoms with Gasteiger partial charge in [-0.3, -0.25) is 14.4 Å². The molecule has 8 nitrogen and oxygen atoms in total. The van der Waals surface area contributed by atoms with Gasteiger partial charge in [0.25, 0.3) is 5.91 Å². The molecule has 2 fully saturated rings. The largest absolute Gasteiger partial charge is 0.356 e. The van der Waals surface area contributed by atoms with Gasteiger partial charge in [0.2, 0.25) is 11.8 Å². The molecular formula is C22H26FN5O3Si. The Balaban J connectivity index is 1.52. The van der Waals surface area contributed by atoms with Crippen LogP contribution in [0.2, 0.25) is 19.1 Å². The normalized spacial score (nSPS) is 23.1. The number of halogens is 1. The number of hydrogen-bond acceptors (Lipinski definition) is 4. The quantitative estimate of drug-likeness (QED) is 0.597. The summed E-state index contributed by atoms with van der Waals surface area (Å²) in [4.78, 5) is 42.7. The van der Waals surface area contributed by atoms with Gasteiger partial charge in [-0.05, 0) is 31.0 Å². The molecule has 1 aromatic heterocycles. The van der Waals surface area contributed by atoms with Crippen LogP contribution in [0.3, 0.4) is 0 Å². The van der Waals surface area contributed by atoms with Crippen molar-refractivity contribution in [2.75, 3.05) is 12.7 Å². The van der Waals surface area contributed by atoms with Crippen LogP contribution in [-0.4, -0.2) is 60.5 Å². The van der Waals surface area contributed by atoms with E-state index >= 15 is 0 Å². The van der Waals surface area contributed by atoms with Crippen molar-refractivity contribution in [3.8, 4) is 6.07 Å². The Morgan fingerprint density at radius 3 is 2.84 bits per heavy atom. The van der Waals surface area contributed by atoms with Crippen molar-refractivity contribution in [1.82, 2.24) is 20.5 Å². The molecule has 2 saturated heterocycles. The Labute approximate surface area is 186 Å². The molecule has 168 valence electrons. The third kappa shape index (κ3) is 4.25. The zero-order valence-electron chi connectivity index (χ0n) is 18.1. The lowest BCUT2D eigenvalue weighted by Gasteiger charge is -2.25. The lowest BCUT2D eigenvalue weighted by atomic mass is 9.99. The number of benzene rings is 1. The molecule has 3 amide bonds. The maximum atomic E-state index is 14.1. The fraction of sp³-hybridized carbons (Fsp3) is 0.455. The predicted molar refractivity (Wildman–Crippen MR) is 119 cm³/mol. The molecule has 0 spiro atoms. The number of carbonyl (C=O) groups excluding carboxylic acids is 3. The van der Waals surface area contributed by atoms with Crippen LogP contribution in [-0.2, 0) is 9.59 Å². The van der Waals surface area contributed by atoms with Crippen molar-refractivity contribution in [1.29, 1.82) is 5.26 Å². The molecular weight excluding hydrogens is 429 g/mol. The summed E-state index contributed by atoms with van der Waals surface area (Å²) in [5, 5.41) is 15.6. The highest BCUT2D eigenvalue weighted by Crippen LogP contribution is 2.29. The predicted octanol–water partition coefficient (Wildman–Crippen LogP) is 1.91. The summed E-state index contributed by atoms with van der Waals surface area (Å²) in [6.07, 6.45) is 1.37. The van der Waals surface area contributed by atoms with Gasteiger partial charge in [0.1, 0.15) is 23.6 Å². The van der Waals surface area contributed by atoms with E-state index in [9.17, 15) is 24.0 Å². The molecule has 3 N–H and O–H groups in total. The number of nitrogens with zero attached hydrogens (tertiary/aromatic N) is 2. The van der Waals surface area contributed by atoms with E-state index in [4.69, 9.17) is 0 Å². The number of aromatic nitrogens is 1. The molecule has 3 heterocycles. The molecule has 0 aliphatic carbocycles. The van der Waals surface area contributed by atoms with Crippen molar-refractivity contribution >= 4 is 36.7 Å². The average Bonchev–Trinajstić information content (AvgIpc) is 3.44. The van der Waals surface area contributed by atoms with E-state index in [0.717, 1.165) is 0 Å². The summed E-state index contributed by atoms with van der Waals surface area (Å²) in [5.74, 6) is -1.59. The van der Waals surface area contributed by atoms with Gasteiger partial charge in [-0.15, -0.1) is 0 Å². The first-order valence-electron chi connectivity index (χ1n) is 10.7. The first-order valence-corrected chi connectivity index (χ1v) is 14.2. The van der Waals surface area contributed by atoms with Crippen LogP contribution in [0, 0.1) is 23.1 Å². The number of para-hydroxylation sites is 1. The molecule has 3 atom stereocenters. The SMILES string of the molecule is C[Si]1(C)C[C@H](C(=O)N[C@H](C#N)C[C@@H]2CCNC2=O)N(C(=O)c2cc3cccc(F)c3[nH]2)C1. The van der Waals surface area contributed by atoms with Gasteiger partial charge in [-0.2, -0.15) is 5.26 Å². The minimum absolute atomic E-state index is 0.100. The number of fused-ring (bicyclic) bond motifs is 1. The summed E-state index contributed by atoms with van der Waals surface area (Å²) >= 11 is 0. The second kappa shape index (κ2) is 8.39. The lowest BCUT2D eigenvalue weighted by molar-refractivity contribution is -0.126. The van der Waals surface area contributed by atoms with Gasteiger partial charge < -0.3 is 20.5 Å². The second-order valence-electron chi connectivity index (χ2n) is 9.41. The molecule has 0 saturated carbocycles. The monoisotopic (exact) mass is 455 g/mol. The van der Waals surface area contributed by atoms with Crippen molar-refractivity contribution < 1.29 is 18.8 Å². The van der Waals surface area contributed by atoms with Crippen LogP contribution >= 0.6 is 0 Å². The van der Waals surface area contributed by atoms with Crippen molar-refractivity contribution in [2.24, 2.45) is 5.92 Å². The average molecular weight is 456 g/mol. The first-order chi connectivity index (χ1) is 15.2. The third-order valence-electron chi connectivity index (χ3n) is 6.28. The minimum atomic E-state index is -1.87. The molecule has 32 heavy (non-hydrogen) atoms. The van der Waals surface area contributed by atoms with Crippen LogP contribution in [0.15, 0.2) is 24.3 Å². The number of H-pyrrole nitrogens is 1. The first kappa shape index (κ1) is 22.0. The smallest absolute Gasteiger partial charge is 0.270 e. The Morgan fingerprint density at radius 2 is 2.19 bits per heavy atom. The molecule has 0 unspecified atom stereocenters. The number of carbonyl (C=O) groups is 3. The van der Waals surface area contributed by atoms with Crippen LogP contribution < -0.4 is 10.6 Å². The van der Waals surface area contributed by atoms with Gasteiger partial charge in [0, 0.05) is 24.0 Å². The highest BCUT2D eigenvalue weighted by molar-refractivity contribution is 6.79. The molecule has 2 aliphatic rings. The van der Waals surface area contributed by atoms with Crippen LogP contribution in [0.1, 0.15) is 23.3 Å². The Morgan fingerprint density at radius 1 is 1.41 bits per heavy atom. The van der Waals surface area contributed by atoms with Crippen LogP contribution in [0.25, 0.3) is 10.9 Å². The number of nitrogens with one attached hydrogen (secondary N) is 3. The molecule has 0 bridgehead atoms. The third-order valence-corrected chi connectivity index (χ3v) is 8.96. The van der Waals surface area contributed by atoms with Crippen LogP contribution in [0.4, 0.5) is 4.39 Å². The summed E-state index contributed by atoms with van der Waals surface area (Å²) in [6.45, 7) is 4.79. The van der Waals surface area contributed by atoms with Gasteiger partial charge >= 0.3 is 0 Å². The van der Waals surface area contributed by atoms with Gasteiger partial charge in [0.05, 0.1) is 19.7 Å². The van der Waals surface area contributed by atoms with E-state index in [2.05, 4.69) is 34.8 Å². The summed E-state index contributed by atoms with van der Waals surface area (Å²) in [5.41, 5.74) is 0.487. The standard InChI is InChI=1S/C22H26FN5O3Si/c1-32(2)11-18(21(30)26-15(10-24)8-14-6-7-25-20(14)29)28(12-32)22(31)17-9-13-4-3-5-16(23)19(13)27-17/h3-5,9,14-15,18,27H,6-8,11-12H2,1-2H3,(H,25,29)(H,26,30)/t14-,15-,18+/m0/s1. The summed E-state index contributed by atoms with van der Waals surface area (Å²) < 4.78 is 14.1. The van der Waals surface area contributed by atoms with Crippen molar-refractivity contribution in [3.63, 3.8) is 0 Å². The maximum absolute atomic E-state index is 14.1. The van der Waals surface area contributed by atoms with Gasteiger partial charge in [-0.1, -0.05) is 25.2 Å². The maximum Gasteiger partial charge on any atom is 0.270 e. The number of hydrogen-bond donors (Lipinski definition) is 3. The zero-order chi connectivity index (χ0) is 23.0. The van der Waals surface area contributed by atoms with Crippen LogP contribution in [0.5, 0.6) is 0 Å². The van der Waals surface area contributed by atoms with E-state index in [1.807, 2.05) is 0 Å². The number of amides is 3. The molecule has 2 aliphatic heterocycles. The topological polar surface area (TPSA) is 118 Å². The number of aromatic amines is 1. The van der Waals surface area contributed by atoms with Crippen molar-refractivity contribution in [3.05, 3.63) is 35.8 Å². The Bertz CT molecular complexity index is 1120. The van der Waals surface area contributed by atoms with E-state index in [1.54, 1.807) is 23.1 Å². The fourth-order valence-corrected chi connectivity index (χ4v) is 7.54.